The first-order valence-electron chi connectivity index (χ1n) is 16.9. The third-order valence-corrected chi connectivity index (χ3v) is 6.54. The molecule has 3 aromatic carbocycles. The fraction of sp³-hybridized carbons (Fsp3) is 0.222. The average Bonchev–Trinajstić information content (AvgIpc) is 3.62. The van der Waals surface area contributed by atoms with E-state index in [1.807, 2.05) is 60.8 Å². The smallest absolute Gasteiger partial charge is 0.0319 e. The molecule has 0 aliphatic heterocycles. The Bertz CT molecular complexity index is 1660. The summed E-state index contributed by atoms with van der Waals surface area (Å²) >= 11 is 0. The minimum Gasteiger partial charge on any atom is -0.305 e. The molecule has 1 aliphatic rings. The fourth-order valence-electron chi connectivity index (χ4n) is 4.51. The Labute approximate surface area is 258 Å². The van der Waals surface area contributed by atoms with Crippen molar-refractivity contribution in [2.24, 2.45) is 5.92 Å². The Balaban J connectivity index is 0.000000216. The molecule has 1 saturated carbocycles. The molecule has 0 spiro atoms. The van der Waals surface area contributed by atoms with Gasteiger partial charge in [0.1, 0.15) is 0 Å². The quantitative estimate of drug-likeness (QED) is 0.172. The normalized spacial score (nSPS) is 16.8. The van der Waals surface area contributed by atoms with Gasteiger partial charge < -0.3 is 9.97 Å². The zero-order valence-corrected chi connectivity index (χ0v) is 23.8. The van der Waals surface area contributed by atoms with Gasteiger partial charge in [0.15, 0.2) is 0 Å². The summed E-state index contributed by atoms with van der Waals surface area (Å²) in [5.74, 6) is 0.148. The number of hydrogen-bond donors (Lipinski definition) is 0. The van der Waals surface area contributed by atoms with Crippen LogP contribution in [0.4, 0.5) is 0 Å². The van der Waals surface area contributed by atoms with Gasteiger partial charge in [0.25, 0.3) is 0 Å². The van der Waals surface area contributed by atoms with E-state index in [0.717, 1.165) is 53.6 Å². The Kier molecular flexibility index (Phi) is 7.11. The second-order valence-electron chi connectivity index (χ2n) is 9.33. The molecule has 1 fully saturated rings. The van der Waals surface area contributed by atoms with Crippen LogP contribution in [-0.2, 0) is 26.5 Å². The van der Waals surface area contributed by atoms with E-state index in [1.165, 1.54) is 24.4 Å². The van der Waals surface area contributed by atoms with Gasteiger partial charge in [0.05, 0.1) is 0 Å². The second kappa shape index (κ2) is 14.1. The van der Waals surface area contributed by atoms with Crippen LogP contribution in [0.25, 0.3) is 33.6 Å². The van der Waals surface area contributed by atoms with E-state index in [1.54, 1.807) is 12.1 Å². The summed E-state index contributed by atoms with van der Waals surface area (Å²) in [6.45, 7) is -4.34. The number of aryl methyl sites for hydroxylation is 2. The minimum absolute atomic E-state index is 0. The van der Waals surface area contributed by atoms with Gasteiger partial charge in [-0.15, -0.1) is 71.3 Å². The summed E-state index contributed by atoms with van der Waals surface area (Å²) in [7, 11) is 0. The van der Waals surface area contributed by atoms with Crippen molar-refractivity contribution in [3.63, 3.8) is 0 Å². The van der Waals surface area contributed by atoms with E-state index in [4.69, 9.17) is 11.0 Å². The van der Waals surface area contributed by atoms with Crippen molar-refractivity contribution in [3.05, 3.63) is 132 Å². The number of nitrogens with zero attached hydrogens (tertiary/aromatic N) is 2. The van der Waals surface area contributed by atoms with E-state index < -0.39 is 20.1 Å². The average molecular weight is 695 g/mol. The van der Waals surface area contributed by atoms with Crippen molar-refractivity contribution in [3.8, 4) is 33.6 Å². The molecular formula is C36H34IrN2-2. The van der Waals surface area contributed by atoms with E-state index in [0.29, 0.717) is 11.3 Å². The van der Waals surface area contributed by atoms with Crippen LogP contribution in [0.5, 0.6) is 0 Å². The molecule has 199 valence electrons. The zero-order chi connectivity index (χ0) is 33.0. The van der Waals surface area contributed by atoms with Gasteiger partial charge in [0, 0.05) is 43.5 Å². The van der Waals surface area contributed by atoms with Gasteiger partial charge in [-0.2, -0.15) is 0 Å². The summed E-state index contributed by atoms with van der Waals surface area (Å²) in [5.41, 5.74) is 6.37. The van der Waals surface area contributed by atoms with Gasteiger partial charge >= 0.3 is 0 Å². The van der Waals surface area contributed by atoms with Gasteiger partial charge in [-0.25, -0.2) is 0 Å². The molecule has 2 nitrogen and oxygen atoms in total. The molecule has 0 saturated heterocycles. The third-order valence-electron chi connectivity index (χ3n) is 6.54. The first-order chi connectivity index (χ1) is 21.8. The molecule has 1 aliphatic carbocycles. The Morgan fingerprint density at radius 2 is 1.59 bits per heavy atom. The molecule has 0 bridgehead atoms. The van der Waals surface area contributed by atoms with Crippen LogP contribution in [0.15, 0.2) is 103 Å². The molecule has 0 unspecified atom stereocenters. The molecule has 39 heavy (non-hydrogen) atoms. The zero-order valence-electron chi connectivity index (χ0n) is 29.4. The maximum absolute atomic E-state index is 8.54. The largest absolute Gasteiger partial charge is 0.305 e. The monoisotopic (exact) mass is 695 g/mol. The van der Waals surface area contributed by atoms with Crippen LogP contribution < -0.4 is 0 Å². The minimum atomic E-state index is -2.18. The Morgan fingerprint density at radius 3 is 2.26 bits per heavy atom. The van der Waals surface area contributed by atoms with E-state index in [2.05, 4.69) is 28.2 Å². The molecular weight excluding hydrogens is 653 g/mol. The van der Waals surface area contributed by atoms with Gasteiger partial charge in [0.2, 0.25) is 0 Å². The molecule has 0 amide bonds. The first kappa shape index (κ1) is 19.6. The van der Waals surface area contributed by atoms with Crippen molar-refractivity contribution in [1.82, 2.24) is 9.97 Å². The predicted octanol–water partition coefficient (Wildman–Crippen LogP) is 9.11. The molecule has 2 aromatic heterocycles. The van der Waals surface area contributed by atoms with E-state index in [-0.39, 0.29) is 37.2 Å². The SMILES string of the molecule is [2H]C([2H])([2H])c1c[c-]c(-c2ccc(C([2H])([2H])[2H])cn2)cc1.[2H]C([2H])(c1ccc(-c2ccnc(-c3[c-]cccc3)c2)cc1)C1CCCC1.[Ir]. The van der Waals surface area contributed by atoms with Crippen molar-refractivity contribution >= 4 is 0 Å². The summed E-state index contributed by atoms with van der Waals surface area (Å²) in [6.07, 6.45) is 6.17. The summed E-state index contributed by atoms with van der Waals surface area (Å²) in [4.78, 5) is 8.53. The number of pyridine rings is 2. The number of hydrogen-bond acceptors (Lipinski definition) is 2. The molecule has 6 rings (SSSR count). The Hall–Kier alpha value is -3.39. The van der Waals surface area contributed by atoms with Crippen LogP contribution in [0, 0.1) is 31.8 Å². The van der Waals surface area contributed by atoms with E-state index >= 15 is 0 Å². The summed E-state index contributed by atoms with van der Waals surface area (Å²) < 4.78 is 60.7. The van der Waals surface area contributed by atoms with Gasteiger partial charge in [-0.05, 0) is 58.9 Å². The van der Waals surface area contributed by atoms with Crippen molar-refractivity contribution in [2.45, 2.75) is 45.8 Å². The van der Waals surface area contributed by atoms with Crippen molar-refractivity contribution in [1.29, 1.82) is 0 Å². The molecule has 0 N–H and O–H groups in total. The Morgan fingerprint density at radius 1 is 0.795 bits per heavy atom. The van der Waals surface area contributed by atoms with Gasteiger partial charge in [-0.1, -0.05) is 75.0 Å². The summed E-state index contributed by atoms with van der Waals surface area (Å²) in [5, 5.41) is 0. The maximum Gasteiger partial charge on any atom is 0.0319 e. The molecule has 0 atom stereocenters. The number of rotatable bonds is 5. The van der Waals surface area contributed by atoms with Crippen LogP contribution in [-0.4, -0.2) is 9.97 Å². The second-order valence-corrected chi connectivity index (χ2v) is 9.33. The number of aromatic nitrogens is 2. The van der Waals surface area contributed by atoms with E-state index in [9.17, 15) is 0 Å². The third kappa shape index (κ3) is 8.05. The molecule has 3 heteroatoms. The topological polar surface area (TPSA) is 25.8 Å². The van der Waals surface area contributed by atoms with Gasteiger partial charge in [-0.3, -0.25) is 0 Å². The molecule has 1 radical (unpaired) electrons. The van der Waals surface area contributed by atoms with Crippen LogP contribution in [0.3, 0.4) is 0 Å². The van der Waals surface area contributed by atoms with Crippen LogP contribution in [0.1, 0.15) is 53.3 Å². The standard InChI is InChI=1S/C23H22N.C13H12N.Ir/c1-2-8-21(9-3-1)23-17-22(14-15-24-23)20-12-10-19(11-13-20)16-18-6-4-5-7-18;1-10-3-6-12(7-4-10)13-8-5-11(2)9-14-13;/h1-3,8,10-15,17-18H,4-7,16H2;3-6,8-9H,1-2H3;/q2*-1;/i16D2;1D3,2D3;. The molecule has 2 heterocycles. The van der Waals surface area contributed by atoms with Crippen LogP contribution >= 0.6 is 0 Å². The van der Waals surface area contributed by atoms with Crippen molar-refractivity contribution < 1.29 is 31.1 Å². The van der Waals surface area contributed by atoms with Crippen LogP contribution in [0.2, 0.25) is 0 Å². The maximum atomic E-state index is 8.54. The number of benzene rings is 3. The molecule has 5 aromatic rings. The summed E-state index contributed by atoms with van der Waals surface area (Å²) in [6, 6.07) is 33.5. The first-order valence-corrected chi connectivity index (χ1v) is 12.9. The predicted molar refractivity (Wildman–Crippen MR) is 158 cm³/mol. The van der Waals surface area contributed by atoms with Crippen molar-refractivity contribution in [2.75, 3.05) is 0 Å². The fourth-order valence-corrected chi connectivity index (χ4v) is 4.51.